The zero-order valence-electron chi connectivity index (χ0n) is 16.4. The number of phenolic OH excluding ortho intramolecular Hbond substituents is 1. The van der Waals surface area contributed by atoms with Gasteiger partial charge in [0.25, 0.3) is 0 Å². The number of methoxy groups -OCH3 is 1. The van der Waals surface area contributed by atoms with Gasteiger partial charge in [-0.2, -0.15) is 0 Å². The van der Waals surface area contributed by atoms with Crippen molar-refractivity contribution in [3.63, 3.8) is 0 Å². The van der Waals surface area contributed by atoms with Crippen LogP contribution in [0.1, 0.15) is 42.0 Å². The zero-order valence-corrected chi connectivity index (χ0v) is 17.2. The van der Waals surface area contributed by atoms with Crippen molar-refractivity contribution in [3.8, 4) is 11.5 Å². The largest absolute Gasteiger partial charge is 0.508 e. The van der Waals surface area contributed by atoms with Crippen molar-refractivity contribution >= 4 is 21.4 Å². The smallest absolute Gasteiger partial charge is 0.236 e. The maximum absolute atomic E-state index is 12.8. The summed E-state index contributed by atoms with van der Waals surface area (Å²) in [7, 11) is -2.01. The van der Waals surface area contributed by atoms with Gasteiger partial charge >= 0.3 is 0 Å². The predicted molar refractivity (Wildman–Crippen MR) is 106 cm³/mol. The number of rotatable bonds is 5. The van der Waals surface area contributed by atoms with E-state index in [2.05, 4.69) is 0 Å². The van der Waals surface area contributed by atoms with Gasteiger partial charge in [-0.15, -0.1) is 0 Å². The summed E-state index contributed by atoms with van der Waals surface area (Å²) in [6.45, 7) is 9.45. The Morgan fingerprint density at radius 2 is 1.54 bits per heavy atom. The van der Waals surface area contributed by atoms with E-state index in [-0.39, 0.29) is 11.7 Å². The molecule has 142 valence electrons. The molecule has 0 aromatic heterocycles. The highest BCUT2D eigenvalue weighted by atomic mass is 32.2. The number of benzene rings is 2. The van der Waals surface area contributed by atoms with Crippen LogP contribution in [0.2, 0.25) is 0 Å². The molecule has 0 fully saturated rings. The average Bonchev–Trinajstić information content (AvgIpc) is 2.52. The molecule has 0 saturated carbocycles. The molecule has 0 unspecified atom stereocenters. The third-order valence-electron chi connectivity index (χ3n) is 4.45. The van der Waals surface area contributed by atoms with Gasteiger partial charge in [0.1, 0.15) is 11.5 Å². The summed E-state index contributed by atoms with van der Waals surface area (Å²) in [5.41, 5.74) is 4.18. The SMILES string of the molecule is COc1cc(C)c(N(c2cc(C)c(O)cc2C(C)C)S(C)(=O)=O)cc1C. The minimum Gasteiger partial charge on any atom is -0.508 e. The Hall–Kier alpha value is -2.21. The molecular formula is C20H27NO4S. The van der Waals surface area contributed by atoms with Gasteiger partial charge in [0, 0.05) is 0 Å². The van der Waals surface area contributed by atoms with Crippen molar-refractivity contribution in [1.82, 2.24) is 0 Å². The van der Waals surface area contributed by atoms with E-state index in [4.69, 9.17) is 4.74 Å². The molecular weight excluding hydrogens is 350 g/mol. The molecule has 0 amide bonds. The molecule has 0 aliphatic rings. The molecule has 26 heavy (non-hydrogen) atoms. The lowest BCUT2D eigenvalue weighted by Gasteiger charge is -2.29. The number of nitrogens with zero attached hydrogens (tertiary/aromatic N) is 1. The Bertz CT molecular complexity index is 933. The van der Waals surface area contributed by atoms with Crippen LogP contribution in [0.25, 0.3) is 0 Å². The van der Waals surface area contributed by atoms with Crippen LogP contribution in [0.3, 0.4) is 0 Å². The molecule has 0 atom stereocenters. The number of hydrogen-bond acceptors (Lipinski definition) is 4. The summed E-state index contributed by atoms with van der Waals surface area (Å²) in [6, 6.07) is 7.04. The van der Waals surface area contributed by atoms with Crippen LogP contribution in [-0.4, -0.2) is 26.9 Å². The maximum Gasteiger partial charge on any atom is 0.236 e. The van der Waals surface area contributed by atoms with Crippen molar-refractivity contribution in [1.29, 1.82) is 0 Å². The number of phenols is 1. The quantitative estimate of drug-likeness (QED) is 0.830. The summed E-state index contributed by atoms with van der Waals surface area (Å²) in [5.74, 6) is 0.916. The molecule has 0 radical (unpaired) electrons. The standard InChI is InChI=1S/C20H27NO4S/c1-12(2)16-11-19(22)14(4)8-18(16)21(26(7,23)24)17-9-15(5)20(25-6)10-13(17)3/h8-12,22H,1-7H3. The number of aromatic hydroxyl groups is 1. The zero-order chi connectivity index (χ0) is 19.8. The molecule has 0 aliphatic heterocycles. The van der Waals surface area contributed by atoms with Crippen LogP contribution in [0.4, 0.5) is 11.4 Å². The first-order chi connectivity index (χ1) is 12.0. The van der Waals surface area contributed by atoms with E-state index in [1.54, 1.807) is 26.2 Å². The van der Waals surface area contributed by atoms with E-state index in [0.29, 0.717) is 22.7 Å². The van der Waals surface area contributed by atoms with Gasteiger partial charge < -0.3 is 9.84 Å². The monoisotopic (exact) mass is 377 g/mol. The van der Waals surface area contributed by atoms with E-state index in [0.717, 1.165) is 16.7 Å². The Kier molecular flexibility index (Phi) is 5.56. The topological polar surface area (TPSA) is 66.8 Å². The second-order valence-electron chi connectivity index (χ2n) is 6.99. The van der Waals surface area contributed by atoms with E-state index in [9.17, 15) is 13.5 Å². The van der Waals surface area contributed by atoms with Crippen molar-refractivity contribution < 1.29 is 18.3 Å². The summed E-state index contributed by atoms with van der Waals surface area (Å²) in [6.07, 6.45) is 1.19. The molecule has 5 nitrogen and oxygen atoms in total. The van der Waals surface area contributed by atoms with Gasteiger partial charge in [0.05, 0.1) is 24.7 Å². The van der Waals surface area contributed by atoms with E-state index in [1.807, 2.05) is 39.8 Å². The molecule has 2 rings (SSSR count). The normalized spacial score (nSPS) is 11.7. The lowest BCUT2D eigenvalue weighted by molar-refractivity contribution is 0.411. The Morgan fingerprint density at radius 1 is 0.962 bits per heavy atom. The second kappa shape index (κ2) is 7.19. The average molecular weight is 378 g/mol. The molecule has 6 heteroatoms. The Morgan fingerprint density at radius 3 is 2.04 bits per heavy atom. The van der Waals surface area contributed by atoms with Crippen LogP contribution in [0, 0.1) is 20.8 Å². The van der Waals surface area contributed by atoms with Crippen LogP contribution < -0.4 is 9.04 Å². The van der Waals surface area contributed by atoms with Crippen LogP contribution in [0.15, 0.2) is 24.3 Å². The van der Waals surface area contributed by atoms with Gasteiger partial charge in [-0.1, -0.05) is 13.8 Å². The minimum absolute atomic E-state index is 0.0420. The maximum atomic E-state index is 12.8. The minimum atomic E-state index is -3.60. The summed E-state index contributed by atoms with van der Waals surface area (Å²) < 4.78 is 32.2. The number of aryl methyl sites for hydroxylation is 3. The first-order valence-electron chi connectivity index (χ1n) is 8.46. The lowest BCUT2D eigenvalue weighted by atomic mass is 9.98. The number of anilines is 2. The summed E-state index contributed by atoms with van der Waals surface area (Å²) in [4.78, 5) is 0. The lowest BCUT2D eigenvalue weighted by Crippen LogP contribution is -2.27. The first kappa shape index (κ1) is 20.1. The third-order valence-corrected chi connectivity index (χ3v) is 5.51. The Labute approximate surface area is 156 Å². The summed E-state index contributed by atoms with van der Waals surface area (Å²) >= 11 is 0. The molecule has 2 aromatic rings. The summed E-state index contributed by atoms with van der Waals surface area (Å²) in [5, 5.41) is 10.1. The highest BCUT2D eigenvalue weighted by Gasteiger charge is 2.26. The molecule has 0 spiro atoms. The molecule has 1 N–H and O–H groups in total. The molecule has 0 bridgehead atoms. The first-order valence-corrected chi connectivity index (χ1v) is 10.3. The molecule has 0 saturated heterocycles. The molecule has 0 heterocycles. The fourth-order valence-electron chi connectivity index (χ4n) is 3.04. The van der Waals surface area contributed by atoms with Crippen LogP contribution >= 0.6 is 0 Å². The molecule has 2 aromatic carbocycles. The van der Waals surface area contributed by atoms with Crippen molar-refractivity contribution in [2.45, 2.75) is 40.5 Å². The van der Waals surface area contributed by atoms with Gasteiger partial charge in [0.2, 0.25) is 10.0 Å². The van der Waals surface area contributed by atoms with Crippen molar-refractivity contribution in [2.24, 2.45) is 0 Å². The van der Waals surface area contributed by atoms with Crippen LogP contribution in [0.5, 0.6) is 11.5 Å². The number of hydrogen-bond donors (Lipinski definition) is 1. The molecule has 0 aliphatic carbocycles. The second-order valence-corrected chi connectivity index (χ2v) is 8.82. The van der Waals surface area contributed by atoms with Gasteiger partial charge in [0.15, 0.2) is 0 Å². The fraction of sp³-hybridized carbons (Fsp3) is 0.400. The Balaban J connectivity index is 2.85. The highest BCUT2D eigenvalue weighted by Crippen LogP contribution is 2.41. The number of ether oxygens (including phenoxy) is 1. The predicted octanol–water partition coefficient (Wildman–Crippen LogP) is 4.55. The van der Waals surface area contributed by atoms with Gasteiger partial charge in [-0.3, -0.25) is 0 Å². The third kappa shape index (κ3) is 3.80. The van der Waals surface area contributed by atoms with E-state index < -0.39 is 10.0 Å². The van der Waals surface area contributed by atoms with E-state index >= 15 is 0 Å². The van der Waals surface area contributed by atoms with Crippen molar-refractivity contribution in [2.75, 3.05) is 17.7 Å². The number of sulfonamides is 1. The fourth-order valence-corrected chi connectivity index (χ4v) is 4.11. The van der Waals surface area contributed by atoms with Gasteiger partial charge in [-0.05, 0) is 73.2 Å². The van der Waals surface area contributed by atoms with Crippen molar-refractivity contribution in [3.05, 3.63) is 46.5 Å². The van der Waals surface area contributed by atoms with Crippen LogP contribution in [-0.2, 0) is 10.0 Å². The highest BCUT2D eigenvalue weighted by molar-refractivity contribution is 7.92. The van der Waals surface area contributed by atoms with Gasteiger partial charge in [-0.25, -0.2) is 12.7 Å². The van der Waals surface area contributed by atoms with E-state index in [1.165, 1.54) is 10.6 Å².